The van der Waals surface area contributed by atoms with Gasteiger partial charge in [-0.05, 0) is 80.7 Å². The zero-order valence-electron chi connectivity index (χ0n) is 24.0. The van der Waals surface area contributed by atoms with Crippen LogP contribution in [0, 0.1) is 5.82 Å². The van der Waals surface area contributed by atoms with Crippen LogP contribution in [-0.2, 0) is 17.8 Å². The molecule has 3 aliphatic heterocycles. The number of piperidine rings is 1. The first kappa shape index (κ1) is 28.1. The Morgan fingerprint density at radius 1 is 1.14 bits per heavy atom. The van der Waals surface area contributed by atoms with E-state index in [1.54, 1.807) is 6.07 Å². The Morgan fingerprint density at radius 2 is 1.93 bits per heavy atom. The Kier molecular flexibility index (Phi) is 7.71. The first-order chi connectivity index (χ1) is 21.0. The fraction of sp³-hybridized carbons (Fsp3) is 0.394. The van der Waals surface area contributed by atoms with Crippen LogP contribution in [0.2, 0.25) is 5.02 Å². The van der Waals surface area contributed by atoms with Crippen LogP contribution in [0.1, 0.15) is 58.6 Å². The summed E-state index contributed by atoms with van der Waals surface area (Å²) < 4.78 is 34.7. The molecule has 0 radical (unpaired) electrons. The van der Waals surface area contributed by atoms with E-state index in [9.17, 15) is 4.79 Å². The number of imidazole rings is 1. The van der Waals surface area contributed by atoms with Crippen molar-refractivity contribution < 1.29 is 23.4 Å². The molecule has 2 atom stereocenters. The fourth-order valence-corrected chi connectivity index (χ4v) is 6.53. The van der Waals surface area contributed by atoms with Crippen LogP contribution in [0.25, 0.3) is 11.0 Å². The van der Waals surface area contributed by atoms with E-state index in [0.717, 1.165) is 61.8 Å². The van der Waals surface area contributed by atoms with Gasteiger partial charge < -0.3 is 24.1 Å². The van der Waals surface area contributed by atoms with E-state index >= 15 is 4.39 Å². The summed E-state index contributed by atoms with van der Waals surface area (Å²) in [5.41, 5.74) is 3.34. The average Bonchev–Trinajstić information content (AvgIpc) is 3.35. The first-order valence-electron chi connectivity index (χ1n) is 14.9. The fourth-order valence-electron chi connectivity index (χ4n) is 6.41. The second-order valence-corrected chi connectivity index (χ2v) is 12.0. The summed E-state index contributed by atoms with van der Waals surface area (Å²) in [6.45, 7) is 4.46. The molecule has 224 valence electrons. The number of hydrogen-bond acceptors (Lipinski definition) is 7. The molecule has 1 aromatic heterocycles. The highest BCUT2D eigenvalue weighted by molar-refractivity contribution is 6.30. The minimum atomic E-state index is -0.558. The molecule has 8 nitrogen and oxygen atoms in total. The Morgan fingerprint density at radius 3 is 2.65 bits per heavy atom. The van der Waals surface area contributed by atoms with Gasteiger partial charge in [0.2, 0.25) is 0 Å². The number of rotatable bonds is 7. The Hall–Kier alpha value is -3.66. The van der Waals surface area contributed by atoms with Gasteiger partial charge in [0.1, 0.15) is 17.9 Å². The first-order valence-corrected chi connectivity index (χ1v) is 15.2. The van der Waals surface area contributed by atoms with Gasteiger partial charge in [-0.1, -0.05) is 35.9 Å². The molecule has 0 unspecified atom stereocenters. The van der Waals surface area contributed by atoms with Crippen LogP contribution in [-0.4, -0.2) is 59.8 Å². The van der Waals surface area contributed by atoms with Crippen molar-refractivity contribution in [3.63, 3.8) is 0 Å². The lowest BCUT2D eigenvalue weighted by Crippen LogP contribution is -2.46. The van der Waals surface area contributed by atoms with Crippen LogP contribution in [0.4, 0.5) is 4.39 Å². The van der Waals surface area contributed by atoms with Gasteiger partial charge in [0.15, 0.2) is 23.4 Å². The molecule has 0 amide bonds. The molecule has 4 heterocycles. The number of hydrogen-bond donors (Lipinski definition) is 1. The van der Waals surface area contributed by atoms with Crippen molar-refractivity contribution >= 4 is 28.6 Å². The normalized spacial score (nSPS) is 20.6. The Labute approximate surface area is 254 Å². The van der Waals surface area contributed by atoms with Crippen LogP contribution in [0.5, 0.6) is 11.5 Å². The predicted octanol–water partition coefficient (Wildman–Crippen LogP) is 5.87. The topological polar surface area (TPSA) is 77.8 Å². The summed E-state index contributed by atoms with van der Waals surface area (Å²) in [7, 11) is 1.30. The van der Waals surface area contributed by atoms with E-state index in [-0.39, 0.29) is 11.7 Å². The standard InChI is InChI=1S/C33H34ClFN4O4/c1-41-33(40)22-15-26(35)31-27(16-22)39(17-24-9-12-36-24)30(37-31)18-38-13-10-20(11-14-38)25-3-2-4-28-32(25)42-19-29(43-28)21-5-7-23(34)8-6-21/h2-8,15-16,20,24,29,36H,9-14,17-19H2,1H3/t24-,29-/m0/s1. The molecule has 0 aliphatic carbocycles. The monoisotopic (exact) mass is 604 g/mol. The van der Waals surface area contributed by atoms with Crippen molar-refractivity contribution in [2.24, 2.45) is 0 Å². The highest BCUT2D eigenvalue weighted by atomic mass is 35.5. The number of methoxy groups -OCH3 is 1. The van der Waals surface area contributed by atoms with E-state index < -0.39 is 11.8 Å². The van der Waals surface area contributed by atoms with Crippen molar-refractivity contribution in [3.8, 4) is 11.5 Å². The highest BCUT2D eigenvalue weighted by Crippen LogP contribution is 2.44. The van der Waals surface area contributed by atoms with Crippen molar-refractivity contribution in [1.82, 2.24) is 19.8 Å². The van der Waals surface area contributed by atoms with Crippen molar-refractivity contribution in [2.75, 3.05) is 33.4 Å². The van der Waals surface area contributed by atoms with Gasteiger partial charge in [-0.15, -0.1) is 0 Å². The number of halogens is 2. The number of likely N-dealkylation sites (tertiary alicyclic amines) is 1. The number of nitrogens with zero attached hydrogens (tertiary/aromatic N) is 3. The van der Waals surface area contributed by atoms with Crippen LogP contribution >= 0.6 is 11.6 Å². The van der Waals surface area contributed by atoms with E-state index in [0.29, 0.717) is 47.7 Å². The SMILES string of the molecule is COC(=O)c1cc(F)c2nc(CN3CCC(c4cccc5c4OC[C@@H](c4ccc(Cl)cc4)O5)CC3)n(C[C@@H]3CCN3)c2c1. The molecular formula is C33H34ClFN4O4. The summed E-state index contributed by atoms with van der Waals surface area (Å²) >= 11 is 6.06. The number of para-hydroxylation sites is 1. The molecule has 4 aromatic rings. The van der Waals surface area contributed by atoms with E-state index in [4.69, 9.17) is 30.8 Å². The molecule has 10 heteroatoms. The smallest absolute Gasteiger partial charge is 0.338 e. The van der Waals surface area contributed by atoms with Gasteiger partial charge in [-0.2, -0.15) is 0 Å². The molecule has 3 aliphatic rings. The summed E-state index contributed by atoms with van der Waals surface area (Å²) in [5.74, 6) is 1.71. The molecule has 1 N–H and O–H groups in total. The molecular weight excluding hydrogens is 571 g/mol. The third-order valence-corrected chi connectivity index (χ3v) is 9.18. The van der Waals surface area contributed by atoms with Crippen molar-refractivity contribution in [1.29, 1.82) is 0 Å². The number of carbonyl (C=O) groups is 1. The van der Waals surface area contributed by atoms with Gasteiger partial charge in [0.25, 0.3) is 0 Å². The van der Waals surface area contributed by atoms with Gasteiger partial charge in [0, 0.05) is 23.2 Å². The zero-order valence-corrected chi connectivity index (χ0v) is 24.8. The maximum Gasteiger partial charge on any atom is 0.338 e. The van der Waals surface area contributed by atoms with Gasteiger partial charge in [0.05, 0.1) is 24.7 Å². The lowest BCUT2D eigenvalue weighted by Gasteiger charge is -2.35. The summed E-state index contributed by atoms with van der Waals surface area (Å²) in [6, 6.07) is 17.1. The number of nitrogens with one attached hydrogen (secondary N) is 1. The molecule has 0 spiro atoms. The minimum absolute atomic E-state index is 0.176. The largest absolute Gasteiger partial charge is 0.485 e. The molecule has 7 rings (SSSR count). The molecule has 3 aromatic carbocycles. The lowest BCUT2D eigenvalue weighted by molar-refractivity contribution is 0.0600. The molecule has 2 saturated heterocycles. The Bertz CT molecular complexity index is 1650. The van der Waals surface area contributed by atoms with Gasteiger partial charge in [-0.25, -0.2) is 14.2 Å². The van der Waals surface area contributed by atoms with Crippen LogP contribution < -0.4 is 14.8 Å². The number of aromatic nitrogens is 2. The van der Waals surface area contributed by atoms with Crippen molar-refractivity contribution in [2.45, 2.75) is 50.4 Å². The van der Waals surface area contributed by atoms with Crippen LogP contribution in [0.15, 0.2) is 54.6 Å². The maximum absolute atomic E-state index is 15.1. The Balaban J connectivity index is 1.07. The number of benzene rings is 3. The molecule has 0 saturated carbocycles. The van der Waals surface area contributed by atoms with Crippen molar-refractivity contribution in [3.05, 3.63) is 88.0 Å². The third-order valence-electron chi connectivity index (χ3n) is 8.93. The van der Waals surface area contributed by atoms with E-state index in [1.807, 2.05) is 36.4 Å². The maximum atomic E-state index is 15.1. The highest BCUT2D eigenvalue weighted by Gasteiger charge is 2.30. The molecule has 43 heavy (non-hydrogen) atoms. The number of fused-ring (bicyclic) bond motifs is 2. The minimum Gasteiger partial charge on any atom is -0.485 e. The van der Waals surface area contributed by atoms with Crippen LogP contribution in [0.3, 0.4) is 0 Å². The van der Waals surface area contributed by atoms with Gasteiger partial charge >= 0.3 is 5.97 Å². The summed E-state index contributed by atoms with van der Waals surface area (Å²) in [5, 5.41) is 4.13. The zero-order chi connectivity index (χ0) is 29.5. The number of carbonyl (C=O) groups excluding carboxylic acids is 1. The second kappa shape index (κ2) is 11.8. The number of ether oxygens (including phenoxy) is 3. The number of esters is 1. The molecule has 0 bridgehead atoms. The van der Waals surface area contributed by atoms with E-state index in [2.05, 4.69) is 20.9 Å². The average molecular weight is 605 g/mol. The van der Waals surface area contributed by atoms with E-state index in [1.165, 1.54) is 18.7 Å². The van der Waals surface area contributed by atoms with Gasteiger partial charge in [-0.3, -0.25) is 4.90 Å². The molecule has 2 fully saturated rings. The predicted molar refractivity (Wildman–Crippen MR) is 161 cm³/mol. The second-order valence-electron chi connectivity index (χ2n) is 11.6. The lowest BCUT2D eigenvalue weighted by atomic mass is 9.88. The quantitative estimate of drug-likeness (QED) is 0.264. The third kappa shape index (κ3) is 5.57. The summed E-state index contributed by atoms with van der Waals surface area (Å²) in [6.07, 6.45) is 2.80. The summed E-state index contributed by atoms with van der Waals surface area (Å²) in [4.78, 5) is 19.3.